The van der Waals surface area contributed by atoms with E-state index in [1.54, 1.807) is 19.2 Å². The van der Waals surface area contributed by atoms with Gasteiger partial charge in [-0.1, -0.05) is 32.0 Å². The number of halogens is 3. The highest BCUT2D eigenvalue weighted by molar-refractivity contribution is 6.20. The van der Waals surface area contributed by atoms with Crippen molar-refractivity contribution in [1.29, 1.82) is 0 Å². The number of nitrogens with zero attached hydrogens (tertiary/aromatic N) is 2. The summed E-state index contributed by atoms with van der Waals surface area (Å²) < 4.78 is 40.7. The number of rotatable bonds is 5. The van der Waals surface area contributed by atoms with E-state index in [-0.39, 0.29) is 22.9 Å². The Morgan fingerprint density at radius 2 is 1.63 bits per heavy atom. The fourth-order valence-corrected chi connectivity index (χ4v) is 4.50. The lowest BCUT2D eigenvalue weighted by molar-refractivity contribution is -0.137. The summed E-state index contributed by atoms with van der Waals surface area (Å²) in [7, 11) is 1.56. The number of benzodiazepines with no additional fused rings is 1. The number of amides is 1. The van der Waals surface area contributed by atoms with E-state index in [9.17, 15) is 23.1 Å². The molecule has 0 saturated heterocycles. The largest absolute Gasteiger partial charge is 0.508 e. The molecule has 1 N–H and O–H groups in total. The van der Waals surface area contributed by atoms with Crippen LogP contribution in [0.25, 0.3) is 0 Å². The van der Waals surface area contributed by atoms with Crippen molar-refractivity contribution in [3.63, 3.8) is 0 Å². The van der Waals surface area contributed by atoms with Crippen LogP contribution < -0.4 is 4.90 Å². The highest BCUT2D eigenvalue weighted by Gasteiger charge is 2.35. The summed E-state index contributed by atoms with van der Waals surface area (Å²) in [5.41, 5.74) is 3.97. The van der Waals surface area contributed by atoms with Crippen molar-refractivity contribution in [2.45, 2.75) is 45.3 Å². The van der Waals surface area contributed by atoms with Crippen LogP contribution in [-0.2, 0) is 30.2 Å². The highest BCUT2D eigenvalue weighted by atomic mass is 19.4. The van der Waals surface area contributed by atoms with Crippen molar-refractivity contribution < 1.29 is 23.1 Å². The summed E-state index contributed by atoms with van der Waals surface area (Å²) in [5.74, 6) is -0.266. The zero-order valence-corrected chi connectivity index (χ0v) is 19.9. The SMILES string of the molecule is CCc1ccc(CC2N=C(c3ccc(O)cc3)c3cc(C(F)(F)F)ccc3N(C)C2=O)cc1CC. The molecule has 1 heterocycles. The van der Waals surface area contributed by atoms with Gasteiger partial charge in [-0.05, 0) is 72.0 Å². The van der Waals surface area contributed by atoms with Gasteiger partial charge in [-0.2, -0.15) is 13.2 Å². The molecule has 7 heteroatoms. The van der Waals surface area contributed by atoms with E-state index in [1.807, 2.05) is 6.07 Å². The minimum absolute atomic E-state index is 0.0279. The normalized spacial score (nSPS) is 16.1. The molecule has 35 heavy (non-hydrogen) atoms. The molecule has 0 radical (unpaired) electrons. The minimum atomic E-state index is -4.54. The average Bonchev–Trinajstić information content (AvgIpc) is 2.94. The van der Waals surface area contributed by atoms with Gasteiger partial charge in [0.1, 0.15) is 11.8 Å². The predicted octanol–water partition coefficient (Wildman–Crippen LogP) is 5.96. The number of carbonyl (C=O) groups excluding carboxylic acids is 1. The van der Waals surface area contributed by atoms with Crippen molar-refractivity contribution in [2.75, 3.05) is 11.9 Å². The zero-order valence-electron chi connectivity index (χ0n) is 19.9. The monoisotopic (exact) mass is 480 g/mol. The number of fused-ring (bicyclic) bond motifs is 1. The lowest BCUT2D eigenvalue weighted by atomic mass is 9.96. The number of aliphatic imine (C=N–C) groups is 1. The van der Waals surface area contributed by atoms with Crippen LogP contribution in [0.3, 0.4) is 0 Å². The second-order valence-corrected chi connectivity index (χ2v) is 8.68. The number of hydrogen-bond donors (Lipinski definition) is 1. The van der Waals surface area contributed by atoms with Crippen molar-refractivity contribution >= 4 is 17.3 Å². The molecule has 1 aliphatic rings. The molecule has 1 atom stereocenters. The van der Waals surface area contributed by atoms with Gasteiger partial charge >= 0.3 is 6.18 Å². The Balaban J connectivity index is 1.86. The average molecular weight is 481 g/mol. The second-order valence-electron chi connectivity index (χ2n) is 8.68. The van der Waals surface area contributed by atoms with Gasteiger partial charge in [0.2, 0.25) is 0 Å². The Hall–Kier alpha value is -3.61. The smallest absolute Gasteiger partial charge is 0.416 e. The molecular formula is C28H27F3N2O2. The molecular weight excluding hydrogens is 453 g/mol. The maximum absolute atomic E-state index is 13.6. The van der Waals surface area contributed by atoms with Gasteiger partial charge < -0.3 is 10.0 Å². The third-order valence-corrected chi connectivity index (χ3v) is 6.44. The number of alkyl halides is 3. The van der Waals surface area contributed by atoms with Crippen LogP contribution in [0.2, 0.25) is 0 Å². The molecule has 4 nitrogen and oxygen atoms in total. The Kier molecular flexibility index (Phi) is 6.70. The molecule has 0 saturated carbocycles. The van der Waals surface area contributed by atoms with Gasteiger partial charge in [0, 0.05) is 24.6 Å². The van der Waals surface area contributed by atoms with Crippen LogP contribution >= 0.6 is 0 Å². The van der Waals surface area contributed by atoms with Gasteiger partial charge in [0.25, 0.3) is 5.91 Å². The fourth-order valence-electron chi connectivity index (χ4n) is 4.50. The Labute approximate surface area is 202 Å². The predicted molar refractivity (Wildman–Crippen MR) is 131 cm³/mol. The van der Waals surface area contributed by atoms with E-state index in [2.05, 4.69) is 26.0 Å². The number of likely N-dealkylation sites (N-methyl/N-ethyl adjacent to an activating group) is 1. The first-order chi connectivity index (χ1) is 16.6. The summed E-state index contributed by atoms with van der Waals surface area (Å²) in [6, 6.07) is 14.7. The Bertz CT molecular complexity index is 1280. The third-order valence-electron chi connectivity index (χ3n) is 6.44. The molecule has 3 aromatic rings. The van der Waals surface area contributed by atoms with Gasteiger partial charge in [-0.15, -0.1) is 0 Å². The molecule has 1 unspecified atom stereocenters. The van der Waals surface area contributed by atoms with Crippen molar-refractivity contribution in [3.05, 3.63) is 94.0 Å². The van der Waals surface area contributed by atoms with E-state index < -0.39 is 17.8 Å². The van der Waals surface area contributed by atoms with E-state index in [0.717, 1.165) is 30.5 Å². The fraction of sp³-hybridized carbons (Fsp3) is 0.286. The summed E-state index contributed by atoms with van der Waals surface area (Å²) in [4.78, 5) is 19.6. The molecule has 0 bridgehead atoms. The number of aryl methyl sites for hydroxylation is 2. The van der Waals surface area contributed by atoms with Crippen LogP contribution in [0.1, 0.15) is 47.2 Å². The van der Waals surface area contributed by atoms with Gasteiger partial charge in [0.05, 0.1) is 17.0 Å². The molecule has 0 spiro atoms. The summed E-state index contributed by atoms with van der Waals surface area (Å²) in [5, 5.41) is 9.73. The van der Waals surface area contributed by atoms with E-state index in [4.69, 9.17) is 4.99 Å². The first kappa shape index (κ1) is 24.5. The van der Waals surface area contributed by atoms with Gasteiger partial charge in [-0.3, -0.25) is 9.79 Å². The van der Waals surface area contributed by atoms with Crippen molar-refractivity contribution in [3.8, 4) is 5.75 Å². The van der Waals surface area contributed by atoms with Crippen LogP contribution in [0.4, 0.5) is 18.9 Å². The minimum Gasteiger partial charge on any atom is -0.508 e. The number of aromatic hydroxyl groups is 1. The molecule has 0 aliphatic carbocycles. The van der Waals surface area contributed by atoms with Crippen LogP contribution in [0.15, 0.2) is 65.7 Å². The number of phenolic OH excluding ortho intramolecular Hbond substituents is 1. The van der Waals surface area contributed by atoms with Crippen molar-refractivity contribution in [1.82, 2.24) is 0 Å². The van der Waals surface area contributed by atoms with Crippen LogP contribution in [-0.4, -0.2) is 29.8 Å². The standard InChI is InChI=1S/C28H27F3N2O2/c1-4-18-7-6-17(14-19(18)5-2)15-24-27(35)33(3)25-13-10-21(28(29,30)31)16-23(25)26(32-24)20-8-11-22(34)12-9-20/h6-14,16,24,34H,4-5,15H2,1-3H3. The lowest BCUT2D eigenvalue weighted by Crippen LogP contribution is -2.36. The van der Waals surface area contributed by atoms with Gasteiger partial charge in [-0.25, -0.2) is 0 Å². The number of hydrogen-bond acceptors (Lipinski definition) is 3. The van der Waals surface area contributed by atoms with Gasteiger partial charge in [0.15, 0.2) is 0 Å². The molecule has 4 rings (SSSR count). The molecule has 1 aliphatic heterocycles. The molecule has 3 aromatic carbocycles. The molecule has 0 fully saturated rings. The topological polar surface area (TPSA) is 52.9 Å². The zero-order chi connectivity index (χ0) is 25.3. The molecule has 0 aromatic heterocycles. The first-order valence-electron chi connectivity index (χ1n) is 11.6. The Morgan fingerprint density at radius 1 is 0.943 bits per heavy atom. The summed E-state index contributed by atoms with van der Waals surface area (Å²) >= 11 is 0. The third kappa shape index (κ3) is 4.94. The van der Waals surface area contributed by atoms with E-state index in [1.165, 1.54) is 34.2 Å². The van der Waals surface area contributed by atoms with Crippen molar-refractivity contribution in [2.24, 2.45) is 4.99 Å². The number of anilines is 1. The maximum Gasteiger partial charge on any atom is 0.416 e. The molecule has 1 amide bonds. The molecule has 182 valence electrons. The summed E-state index contributed by atoms with van der Waals surface area (Å²) in [6.45, 7) is 4.18. The van der Waals surface area contributed by atoms with Crippen LogP contribution in [0.5, 0.6) is 5.75 Å². The number of carbonyl (C=O) groups is 1. The second kappa shape index (κ2) is 9.56. The maximum atomic E-state index is 13.6. The van der Waals surface area contributed by atoms with E-state index in [0.29, 0.717) is 17.7 Å². The Morgan fingerprint density at radius 3 is 2.26 bits per heavy atom. The quantitative estimate of drug-likeness (QED) is 0.490. The number of phenols is 1. The first-order valence-corrected chi connectivity index (χ1v) is 11.6. The van der Waals surface area contributed by atoms with Crippen LogP contribution in [0, 0.1) is 0 Å². The van der Waals surface area contributed by atoms with E-state index >= 15 is 0 Å². The number of benzene rings is 3. The highest BCUT2D eigenvalue weighted by Crippen LogP contribution is 2.36. The lowest BCUT2D eigenvalue weighted by Gasteiger charge is -2.21. The summed E-state index contributed by atoms with van der Waals surface area (Å²) in [6.07, 6.45) is -2.44.